The third kappa shape index (κ3) is 4.37. The lowest BCUT2D eigenvalue weighted by Crippen LogP contribution is -2.46. The van der Waals surface area contributed by atoms with Gasteiger partial charge in [0, 0.05) is 31.4 Å². The molecule has 1 fully saturated rings. The van der Waals surface area contributed by atoms with E-state index >= 15 is 0 Å². The molecule has 2 heterocycles. The van der Waals surface area contributed by atoms with Crippen LogP contribution in [0.25, 0.3) is 0 Å². The van der Waals surface area contributed by atoms with Gasteiger partial charge in [-0.15, -0.1) is 0 Å². The number of hydrogen-bond donors (Lipinski definition) is 2. The van der Waals surface area contributed by atoms with Crippen LogP contribution in [0.2, 0.25) is 0 Å². The van der Waals surface area contributed by atoms with Crippen molar-refractivity contribution in [1.82, 2.24) is 10.3 Å². The molecule has 2 aromatic rings. The smallest absolute Gasteiger partial charge is 0.319 e. The van der Waals surface area contributed by atoms with Gasteiger partial charge < -0.3 is 20.3 Å². The summed E-state index contributed by atoms with van der Waals surface area (Å²) in [5, 5.41) is 5.67. The van der Waals surface area contributed by atoms with Crippen molar-refractivity contribution in [2.75, 3.05) is 30.4 Å². The quantitative estimate of drug-likeness (QED) is 0.895. The van der Waals surface area contributed by atoms with Crippen LogP contribution in [0.4, 0.5) is 20.7 Å². The maximum Gasteiger partial charge on any atom is 0.319 e. The SMILES string of the molecule is COc1cc(F)ccc1NC(=O)NC1CCN(c2ccccn2)CC1. The largest absolute Gasteiger partial charge is 0.494 e. The summed E-state index contributed by atoms with van der Waals surface area (Å²) in [4.78, 5) is 18.7. The number of urea groups is 1. The molecule has 3 rings (SSSR count). The first-order valence-corrected chi connectivity index (χ1v) is 8.23. The van der Waals surface area contributed by atoms with E-state index in [1.807, 2.05) is 18.2 Å². The average molecular weight is 344 g/mol. The lowest BCUT2D eigenvalue weighted by atomic mass is 10.1. The summed E-state index contributed by atoms with van der Waals surface area (Å²) in [5.74, 6) is 0.839. The van der Waals surface area contributed by atoms with Gasteiger partial charge in [0.25, 0.3) is 0 Å². The van der Waals surface area contributed by atoms with Crippen molar-refractivity contribution >= 4 is 17.5 Å². The lowest BCUT2D eigenvalue weighted by molar-refractivity contribution is 0.246. The molecule has 0 spiro atoms. The molecule has 1 saturated heterocycles. The second kappa shape index (κ2) is 7.83. The van der Waals surface area contributed by atoms with E-state index < -0.39 is 5.82 Å². The third-order valence-corrected chi connectivity index (χ3v) is 4.22. The number of carbonyl (C=O) groups excluding carboxylic acids is 1. The zero-order valence-electron chi connectivity index (χ0n) is 14.0. The van der Waals surface area contributed by atoms with E-state index in [9.17, 15) is 9.18 Å². The molecule has 0 aliphatic carbocycles. The van der Waals surface area contributed by atoms with Crippen molar-refractivity contribution in [3.05, 3.63) is 48.4 Å². The van der Waals surface area contributed by atoms with Crippen LogP contribution in [0.3, 0.4) is 0 Å². The number of hydrogen-bond acceptors (Lipinski definition) is 4. The molecule has 2 N–H and O–H groups in total. The normalized spacial score (nSPS) is 14.9. The lowest BCUT2D eigenvalue weighted by Gasteiger charge is -2.33. The first-order chi connectivity index (χ1) is 12.2. The van der Waals surface area contributed by atoms with E-state index in [4.69, 9.17) is 4.74 Å². The Morgan fingerprint density at radius 1 is 1.28 bits per heavy atom. The molecule has 0 atom stereocenters. The van der Waals surface area contributed by atoms with Crippen LogP contribution in [0.5, 0.6) is 5.75 Å². The highest BCUT2D eigenvalue weighted by molar-refractivity contribution is 5.91. The van der Waals surface area contributed by atoms with Crippen LogP contribution in [-0.2, 0) is 0 Å². The van der Waals surface area contributed by atoms with Crippen LogP contribution in [0.15, 0.2) is 42.6 Å². The fraction of sp³-hybridized carbons (Fsp3) is 0.333. The molecule has 6 nitrogen and oxygen atoms in total. The highest BCUT2D eigenvalue weighted by Crippen LogP contribution is 2.25. The molecule has 2 amide bonds. The Morgan fingerprint density at radius 3 is 2.76 bits per heavy atom. The number of carbonyl (C=O) groups is 1. The van der Waals surface area contributed by atoms with Crippen LogP contribution < -0.4 is 20.3 Å². The highest BCUT2D eigenvalue weighted by Gasteiger charge is 2.21. The second-order valence-corrected chi connectivity index (χ2v) is 5.89. The third-order valence-electron chi connectivity index (χ3n) is 4.22. The number of rotatable bonds is 4. The van der Waals surface area contributed by atoms with Crippen LogP contribution in [0.1, 0.15) is 12.8 Å². The number of anilines is 2. The number of nitrogens with zero attached hydrogens (tertiary/aromatic N) is 2. The number of pyridine rings is 1. The summed E-state index contributed by atoms with van der Waals surface area (Å²) in [6.45, 7) is 1.67. The van der Waals surface area contributed by atoms with E-state index in [1.54, 1.807) is 6.20 Å². The average Bonchev–Trinajstić information content (AvgIpc) is 2.64. The maximum atomic E-state index is 13.2. The molecular weight excluding hydrogens is 323 g/mol. The molecule has 0 radical (unpaired) electrons. The first-order valence-electron chi connectivity index (χ1n) is 8.23. The molecule has 132 valence electrons. The minimum absolute atomic E-state index is 0.0893. The van der Waals surface area contributed by atoms with Crippen LogP contribution in [0, 0.1) is 5.82 Å². The number of ether oxygens (including phenoxy) is 1. The van der Waals surface area contributed by atoms with Crippen molar-refractivity contribution in [2.24, 2.45) is 0 Å². The van der Waals surface area contributed by atoms with E-state index in [1.165, 1.54) is 25.3 Å². The Labute approximate surface area is 146 Å². The fourth-order valence-corrected chi connectivity index (χ4v) is 2.91. The maximum absolute atomic E-state index is 13.2. The number of piperidine rings is 1. The predicted octanol–water partition coefficient (Wildman–Crippen LogP) is 3.02. The minimum Gasteiger partial charge on any atom is -0.494 e. The number of nitrogens with one attached hydrogen (secondary N) is 2. The molecule has 1 aliphatic rings. The first kappa shape index (κ1) is 17.0. The van der Waals surface area contributed by atoms with Crippen molar-refractivity contribution in [2.45, 2.75) is 18.9 Å². The molecule has 7 heteroatoms. The van der Waals surface area contributed by atoms with Gasteiger partial charge in [0.15, 0.2) is 0 Å². The Morgan fingerprint density at radius 2 is 2.08 bits per heavy atom. The molecule has 25 heavy (non-hydrogen) atoms. The summed E-state index contributed by atoms with van der Waals surface area (Å²) >= 11 is 0. The van der Waals surface area contributed by atoms with Crippen LogP contribution in [-0.4, -0.2) is 37.3 Å². The Kier molecular flexibility index (Phi) is 5.33. The Bertz CT molecular complexity index is 718. The summed E-state index contributed by atoms with van der Waals surface area (Å²) < 4.78 is 18.3. The van der Waals surface area contributed by atoms with Gasteiger partial charge in [-0.1, -0.05) is 6.07 Å². The van der Waals surface area contributed by atoms with Gasteiger partial charge in [-0.25, -0.2) is 14.2 Å². The molecule has 1 aromatic heterocycles. The summed E-state index contributed by atoms with van der Waals surface area (Å²) in [6, 6.07) is 9.62. The van der Waals surface area contributed by atoms with E-state index in [0.29, 0.717) is 11.4 Å². The zero-order chi connectivity index (χ0) is 17.6. The Hall–Kier alpha value is -2.83. The van der Waals surface area contributed by atoms with Gasteiger partial charge in [0.05, 0.1) is 12.8 Å². The molecular formula is C18H21FN4O2. The van der Waals surface area contributed by atoms with Gasteiger partial charge in [-0.2, -0.15) is 0 Å². The van der Waals surface area contributed by atoms with Gasteiger partial charge in [-0.3, -0.25) is 0 Å². The number of benzene rings is 1. The Balaban J connectivity index is 1.51. The van der Waals surface area contributed by atoms with Gasteiger partial charge >= 0.3 is 6.03 Å². The second-order valence-electron chi connectivity index (χ2n) is 5.89. The van der Waals surface area contributed by atoms with Crippen molar-refractivity contribution < 1.29 is 13.9 Å². The van der Waals surface area contributed by atoms with Crippen LogP contribution >= 0.6 is 0 Å². The standard InChI is InChI=1S/C18H21FN4O2/c1-25-16-12-13(19)5-6-15(16)22-18(24)21-14-7-10-23(11-8-14)17-4-2-3-9-20-17/h2-6,9,12,14H,7-8,10-11H2,1H3,(H2,21,22,24). The summed E-state index contributed by atoms with van der Waals surface area (Å²) in [5.41, 5.74) is 0.437. The summed E-state index contributed by atoms with van der Waals surface area (Å²) in [7, 11) is 1.44. The zero-order valence-corrected chi connectivity index (χ0v) is 14.0. The van der Waals surface area contributed by atoms with Crippen molar-refractivity contribution in [3.8, 4) is 5.75 Å². The number of amides is 2. The van der Waals surface area contributed by atoms with Crippen molar-refractivity contribution in [1.29, 1.82) is 0 Å². The molecule has 0 bridgehead atoms. The number of halogens is 1. The molecule has 0 saturated carbocycles. The van der Waals surface area contributed by atoms with E-state index in [0.717, 1.165) is 31.7 Å². The predicted molar refractivity (Wildman–Crippen MR) is 94.6 cm³/mol. The van der Waals surface area contributed by atoms with Gasteiger partial charge in [0.2, 0.25) is 0 Å². The molecule has 1 aliphatic heterocycles. The number of aromatic nitrogens is 1. The topological polar surface area (TPSA) is 66.5 Å². The highest BCUT2D eigenvalue weighted by atomic mass is 19.1. The number of methoxy groups -OCH3 is 1. The van der Waals surface area contributed by atoms with E-state index in [-0.39, 0.29) is 12.1 Å². The van der Waals surface area contributed by atoms with Crippen molar-refractivity contribution in [3.63, 3.8) is 0 Å². The minimum atomic E-state index is -0.412. The van der Waals surface area contributed by atoms with Gasteiger partial charge in [0.1, 0.15) is 17.4 Å². The van der Waals surface area contributed by atoms with Gasteiger partial charge in [-0.05, 0) is 37.1 Å². The fourth-order valence-electron chi connectivity index (χ4n) is 2.91. The summed E-state index contributed by atoms with van der Waals surface area (Å²) in [6.07, 6.45) is 3.46. The monoisotopic (exact) mass is 344 g/mol. The molecule has 0 unspecified atom stereocenters. The van der Waals surface area contributed by atoms with E-state index in [2.05, 4.69) is 20.5 Å². The molecule has 1 aromatic carbocycles.